The fourth-order valence-electron chi connectivity index (χ4n) is 1.40. The van der Waals surface area contributed by atoms with E-state index in [1.54, 1.807) is 0 Å². The van der Waals surface area contributed by atoms with Crippen LogP contribution in [0.1, 0.15) is 25.8 Å². The maximum atomic E-state index is 5.45. The molecule has 0 heterocycles. The van der Waals surface area contributed by atoms with E-state index >= 15 is 0 Å². The van der Waals surface area contributed by atoms with Gasteiger partial charge in [0.1, 0.15) is 5.75 Å². The lowest BCUT2D eigenvalue weighted by molar-refractivity contribution is 0.340. The van der Waals surface area contributed by atoms with E-state index in [9.17, 15) is 0 Å². The Balaban J connectivity index is 2.70. The minimum atomic E-state index is 0.703. The number of ether oxygens (including phenoxy) is 1. The third-order valence-corrected chi connectivity index (χ3v) is 2.24. The van der Waals surface area contributed by atoms with Crippen LogP contribution in [0.25, 0.3) is 5.57 Å². The molecule has 0 fully saturated rings. The highest BCUT2D eigenvalue weighted by atomic mass is 16.5. The molecule has 82 valence electrons. The molecule has 0 aliphatic carbocycles. The zero-order chi connectivity index (χ0) is 11.1. The highest BCUT2D eigenvalue weighted by molar-refractivity contribution is 5.64. The fourth-order valence-corrected chi connectivity index (χ4v) is 1.40. The van der Waals surface area contributed by atoms with Crippen LogP contribution >= 0.6 is 0 Å². The predicted octanol–water partition coefficient (Wildman–Crippen LogP) is 2.84. The molecule has 0 aliphatic heterocycles. The zero-order valence-corrected chi connectivity index (χ0v) is 9.49. The van der Waals surface area contributed by atoms with Gasteiger partial charge in [-0.25, -0.2) is 0 Å². The molecule has 1 aromatic carbocycles. The predicted molar refractivity (Wildman–Crippen MR) is 64.9 cm³/mol. The van der Waals surface area contributed by atoms with E-state index in [1.807, 2.05) is 19.1 Å². The lowest BCUT2D eigenvalue weighted by Gasteiger charge is -2.05. The minimum absolute atomic E-state index is 0.703. The summed E-state index contributed by atoms with van der Waals surface area (Å²) in [6.07, 6.45) is 3.09. The number of hydrogen-bond acceptors (Lipinski definition) is 2. The van der Waals surface area contributed by atoms with Gasteiger partial charge in [0.15, 0.2) is 0 Å². The van der Waals surface area contributed by atoms with E-state index in [2.05, 4.69) is 25.1 Å². The summed E-state index contributed by atoms with van der Waals surface area (Å²) in [5.41, 5.74) is 7.95. The van der Waals surface area contributed by atoms with Gasteiger partial charge in [-0.3, -0.25) is 0 Å². The van der Waals surface area contributed by atoms with E-state index in [0.717, 1.165) is 12.2 Å². The fraction of sp³-hybridized carbons (Fsp3) is 0.385. The zero-order valence-electron chi connectivity index (χ0n) is 9.49. The average Bonchev–Trinajstić information content (AvgIpc) is 2.27. The molecule has 0 radical (unpaired) electrons. The van der Waals surface area contributed by atoms with E-state index in [4.69, 9.17) is 10.5 Å². The first-order chi connectivity index (χ1) is 7.27. The molecule has 2 nitrogen and oxygen atoms in total. The van der Waals surface area contributed by atoms with Gasteiger partial charge in [-0.2, -0.15) is 0 Å². The van der Waals surface area contributed by atoms with Crippen molar-refractivity contribution in [1.82, 2.24) is 0 Å². The normalized spacial score (nSPS) is 11.5. The summed E-state index contributed by atoms with van der Waals surface area (Å²) in [7, 11) is 0. The van der Waals surface area contributed by atoms with Crippen LogP contribution in [0.2, 0.25) is 0 Å². The summed E-state index contributed by atoms with van der Waals surface area (Å²) in [5, 5.41) is 0. The second kappa shape index (κ2) is 6.25. The Morgan fingerprint density at radius 2 is 2.00 bits per heavy atom. The Bertz CT molecular complexity index is 314. The summed E-state index contributed by atoms with van der Waals surface area (Å²) >= 11 is 0. The topological polar surface area (TPSA) is 35.2 Å². The van der Waals surface area contributed by atoms with Crippen molar-refractivity contribution < 1.29 is 4.74 Å². The summed E-state index contributed by atoms with van der Waals surface area (Å²) in [6, 6.07) is 8.15. The monoisotopic (exact) mass is 205 g/mol. The molecule has 0 bridgehead atoms. The highest BCUT2D eigenvalue weighted by Gasteiger charge is 1.96. The molecule has 0 amide bonds. The van der Waals surface area contributed by atoms with Gasteiger partial charge in [0, 0.05) is 0 Å². The van der Waals surface area contributed by atoms with E-state index in [-0.39, 0.29) is 0 Å². The average molecular weight is 205 g/mol. The van der Waals surface area contributed by atoms with Crippen LogP contribution in [0.4, 0.5) is 0 Å². The van der Waals surface area contributed by atoms with Crippen LogP contribution < -0.4 is 10.5 Å². The maximum Gasteiger partial charge on any atom is 0.119 e. The summed E-state index contributed by atoms with van der Waals surface area (Å²) in [4.78, 5) is 0. The van der Waals surface area contributed by atoms with Gasteiger partial charge in [0.25, 0.3) is 0 Å². The number of hydrogen-bond donors (Lipinski definition) is 1. The molecule has 0 saturated heterocycles. The van der Waals surface area contributed by atoms with Gasteiger partial charge < -0.3 is 10.5 Å². The van der Waals surface area contributed by atoms with Crippen LogP contribution in [0.3, 0.4) is 0 Å². The van der Waals surface area contributed by atoms with Crippen LogP contribution in [0.15, 0.2) is 30.3 Å². The maximum absolute atomic E-state index is 5.45. The third kappa shape index (κ3) is 3.76. The van der Waals surface area contributed by atoms with E-state index in [0.29, 0.717) is 13.2 Å². The highest BCUT2D eigenvalue weighted by Crippen LogP contribution is 2.18. The molecule has 15 heavy (non-hydrogen) atoms. The Kier molecular flexibility index (Phi) is 4.91. The molecule has 0 saturated carbocycles. The summed E-state index contributed by atoms with van der Waals surface area (Å²) < 4.78 is 5.38. The Morgan fingerprint density at radius 1 is 1.33 bits per heavy atom. The van der Waals surface area contributed by atoms with Crippen molar-refractivity contribution in [2.24, 2.45) is 5.73 Å². The van der Waals surface area contributed by atoms with Gasteiger partial charge in [0.2, 0.25) is 0 Å². The van der Waals surface area contributed by atoms with Crippen LogP contribution in [0.5, 0.6) is 5.75 Å². The van der Waals surface area contributed by atoms with Gasteiger partial charge in [0.05, 0.1) is 6.61 Å². The smallest absolute Gasteiger partial charge is 0.119 e. The van der Waals surface area contributed by atoms with Gasteiger partial charge in [-0.15, -0.1) is 0 Å². The summed E-state index contributed by atoms with van der Waals surface area (Å²) in [5.74, 6) is 0.924. The van der Waals surface area contributed by atoms with Crippen LogP contribution in [-0.2, 0) is 0 Å². The van der Waals surface area contributed by atoms with Crippen LogP contribution in [0, 0.1) is 0 Å². The molecule has 0 spiro atoms. The molecule has 0 atom stereocenters. The first-order valence-corrected chi connectivity index (χ1v) is 5.38. The van der Waals surface area contributed by atoms with Crippen molar-refractivity contribution >= 4 is 5.57 Å². The van der Waals surface area contributed by atoms with Crippen molar-refractivity contribution in [2.75, 3.05) is 13.2 Å². The van der Waals surface area contributed by atoms with Crippen molar-refractivity contribution in [2.45, 2.75) is 20.3 Å². The Morgan fingerprint density at radius 3 is 2.53 bits per heavy atom. The van der Waals surface area contributed by atoms with Crippen molar-refractivity contribution in [3.05, 3.63) is 35.9 Å². The lowest BCUT2D eigenvalue weighted by atomic mass is 10.1. The first-order valence-electron chi connectivity index (χ1n) is 5.38. The second-order valence-electron chi connectivity index (χ2n) is 3.42. The Labute approximate surface area is 91.7 Å². The second-order valence-corrected chi connectivity index (χ2v) is 3.42. The van der Waals surface area contributed by atoms with Crippen LogP contribution in [-0.4, -0.2) is 13.2 Å². The van der Waals surface area contributed by atoms with Crippen molar-refractivity contribution in [3.63, 3.8) is 0 Å². The quantitative estimate of drug-likeness (QED) is 0.802. The van der Waals surface area contributed by atoms with Gasteiger partial charge >= 0.3 is 0 Å². The summed E-state index contributed by atoms with van der Waals surface area (Å²) in [6.45, 7) is 5.50. The number of nitrogens with two attached hydrogens (primary N) is 1. The minimum Gasteiger partial charge on any atom is -0.494 e. The number of allylic oxidation sites excluding steroid dienone is 1. The Hall–Kier alpha value is -1.28. The van der Waals surface area contributed by atoms with Crippen molar-refractivity contribution in [1.29, 1.82) is 0 Å². The molecule has 0 unspecified atom stereocenters. The molecule has 2 N–H and O–H groups in total. The van der Waals surface area contributed by atoms with Crippen molar-refractivity contribution in [3.8, 4) is 5.75 Å². The van der Waals surface area contributed by atoms with E-state index < -0.39 is 0 Å². The largest absolute Gasteiger partial charge is 0.494 e. The van der Waals surface area contributed by atoms with E-state index in [1.165, 1.54) is 11.1 Å². The molecule has 0 aromatic heterocycles. The molecule has 1 aromatic rings. The SMILES string of the molecule is CCOc1ccc(/C(C)=C/CCN)cc1. The third-order valence-electron chi connectivity index (χ3n) is 2.24. The molecule has 2 heteroatoms. The first kappa shape index (κ1) is 11.8. The lowest BCUT2D eigenvalue weighted by Crippen LogP contribution is -1.96. The van der Waals surface area contributed by atoms with Gasteiger partial charge in [-0.05, 0) is 50.1 Å². The molecule has 0 aliphatic rings. The standard InChI is InChI=1S/C13H19NO/c1-3-15-13-8-6-12(7-9-13)11(2)5-4-10-14/h5-9H,3-4,10,14H2,1-2H3/b11-5+. The number of rotatable bonds is 5. The van der Waals surface area contributed by atoms with Gasteiger partial charge in [-0.1, -0.05) is 18.2 Å². The molecule has 1 rings (SSSR count). The number of benzene rings is 1. The molecular formula is C13H19NO. The molecular weight excluding hydrogens is 186 g/mol.